The molecule has 4 aromatic rings. The van der Waals surface area contributed by atoms with Gasteiger partial charge in [0.05, 0.1) is 58.7 Å². The number of hydrogen-bond donors (Lipinski definition) is 4. The Bertz CT molecular complexity index is 2290. The Morgan fingerprint density at radius 2 is 1.70 bits per heavy atom. The number of nitrogens with one attached hydrogen (secondary N) is 2. The number of ether oxygens (including phenoxy) is 3. The summed E-state index contributed by atoms with van der Waals surface area (Å²) < 4.78 is 18.6. The van der Waals surface area contributed by atoms with Gasteiger partial charge in [0.2, 0.25) is 11.8 Å². The molecule has 4 N–H and O–H groups in total. The molecular weight excluding hydrogens is 789 g/mol. The van der Waals surface area contributed by atoms with Crippen LogP contribution in [-0.4, -0.2) is 92.6 Å². The van der Waals surface area contributed by atoms with Crippen molar-refractivity contribution in [1.82, 2.24) is 10.2 Å². The molecule has 0 saturated carbocycles. The molecule has 12 nitrogen and oxygen atoms in total. The number of methoxy groups -OCH3 is 1. The van der Waals surface area contributed by atoms with Gasteiger partial charge in [-0.2, -0.15) is 0 Å². The van der Waals surface area contributed by atoms with Gasteiger partial charge in [0.25, 0.3) is 5.91 Å². The van der Waals surface area contributed by atoms with E-state index >= 15 is 0 Å². The minimum absolute atomic E-state index is 0.0358. The first-order valence-corrected chi connectivity index (χ1v) is 24.7. The van der Waals surface area contributed by atoms with Crippen LogP contribution in [0.15, 0.2) is 84.9 Å². The van der Waals surface area contributed by atoms with Crippen LogP contribution in [0.2, 0.25) is 18.6 Å². The lowest BCUT2D eigenvalue weighted by atomic mass is 9.82. The van der Waals surface area contributed by atoms with Crippen molar-refractivity contribution in [2.75, 3.05) is 43.7 Å². The van der Waals surface area contributed by atoms with Crippen LogP contribution in [0.5, 0.6) is 11.5 Å². The number of carbonyl (C=O) groups is 3. The summed E-state index contributed by atoms with van der Waals surface area (Å²) in [4.78, 5) is 47.4. The minimum atomic E-state index is -2.58. The molecule has 0 radical (unpaired) electrons. The lowest BCUT2D eigenvalue weighted by Crippen LogP contribution is -2.52. The van der Waals surface area contributed by atoms with Gasteiger partial charge in [0.15, 0.2) is 5.60 Å². The van der Waals surface area contributed by atoms with Crippen LogP contribution in [0, 0.1) is 5.92 Å². The Labute approximate surface area is 359 Å². The zero-order valence-electron chi connectivity index (χ0n) is 35.8. The number of fused-ring (bicyclic) bond motifs is 4. The molecule has 1 spiro atoms. The third-order valence-electron chi connectivity index (χ3n) is 13.6. The molecule has 3 amide bonds. The van der Waals surface area contributed by atoms with Crippen LogP contribution >= 0.6 is 0 Å². The molecule has 8 rings (SSSR count). The van der Waals surface area contributed by atoms with Crippen molar-refractivity contribution in [3.8, 4) is 11.5 Å². The van der Waals surface area contributed by atoms with Crippen molar-refractivity contribution in [1.29, 1.82) is 0 Å². The number of anilines is 3. The van der Waals surface area contributed by atoms with Crippen LogP contribution in [0.25, 0.3) is 0 Å². The molecule has 0 aromatic heterocycles. The van der Waals surface area contributed by atoms with Crippen molar-refractivity contribution in [2.45, 2.75) is 94.9 Å². The second-order valence-electron chi connectivity index (χ2n) is 17.4. The third kappa shape index (κ3) is 7.64. The van der Waals surface area contributed by atoms with Crippen LogP contribution < -0.4 is 30.2 Å². The highest BCUT2D eigenvalue weighted by atomic mass is 28.3. The minimum Gasteiger partial charge on any atom is -0.497 e. The molecule has 1 unspecified atom stereocenters. The second-order valence-corrected chi connectivity index (χ2v) is 22.1. The average molecular weight is 847 g/mol. The monoisotopic (exact) mass is 846 g/mol. The largest absolute Gasteiger partial charge is 0.497 e. The normalized spacial score (nSPS) is 24.3. The number of aliphatic hydroxyl groups excluding tert-OH is 2. The average Bonchev–Trinajstić information content (AvgIpc) is 3.72. The number of carbonyl (C=O) groups excluding carboxylic acids is 3. The standard InChI is InChI=1S/C48H58N4O8Si/c1-6-59-37-16-20-42-33(24-37)25-41(49-21-9-10-22-53)46(56)52(42)34-13-19-40-39(26-34)48(47(57)50-40)30(2)45(61(4,5)38-17-14-36(58-3)15-18-38)43(60-48)27-44(55)51-28-32-12-8-7-11-31(32)23-35(51)29-54/h7-8,11-20,24,26,30,35,41,43,45,49,53-54H,6,9-10,21-23,25,27-29H2,1-5H3,(H,50,57)/t30-,35-,41?,43+,45-,48+/m0/s1. The zero-order valence-corrected chi connectivity index (χ0v) is 36.8. The smallest absolute Gasteiger partial charge is 0.261 e. The Hall–Kier alpha value is -5.05. The van der Waals surface area contributed by atoms with Gasteiger partial charge in [0, 0.05) is 36.0 Å². The van der Waals surface area contributed by atoms with E-state index < -0.39 is 25.8 Å². The molecule has 1 fully saturated rings. The van der Waals surface area contributed by atoms with Gasteiger partial charge in [0.1, 0.15) is 11.5 Å². The molecule has 0 bridgehead atoms. The van der Waals surface area contributed by atoms with Gasteiger partial charge in [-0.15, -0.1) is 0 Å². The molecule has 4 aliphatic heterocycles. The van der Waals surface area contributed by atoms with Crippen LogP contribution in [0.3, 0.4) is 0 Å². The molecule has 0 aliphatic carbocycles. The van der Waals surface area contributed by atoms with E-state index in [4.69, 9.17) is 14.2 Å². The Morgan fingerprint density at radius 1 is 0.951 bits per heavy atom. The molecule has 6 atom stereocenters. The Morgan fingerprint density at radius 3 is 2.43 bits per heavy atom. The maximum atomic E-state index is 14.7. The van der Waals surface area contributed by atoms with Crippen LogP contribution in [0.4, 0.5) is 17.1 Å². The van der Waals surface area contributed by atoms with Crippen molar-refractivity contribution in [3.63, 3.8) is 0 Å². The highest BCUT2D eigenvalue weighted by Crippen LogP contribution is 2.59. The van der Waals surface area contributed by atoms with Gasteiger partial charge in [-0.1, -0.05) is 61.6 Å². The highest BCUT2D eigenvalue weighted by molar-refractivity contribution is 6.91. The molecular formula is C48H58N4O8Si. The van der Waals surface area contributed by atoms with Crippen molar-refractivity contribution in [3.05, 3.63) is 107 Å². The van der Waals surface area contributed by atoms with E-state index in [0.717, 1.165) is 45.5 Å². The summed E-state index contributed by atoms with van der Waals surface area (Å²) in [7, 11) is -0.936. The fourth-order valence-corrected chi connectivity index (χ4v) is 14.5. The lowest BCUT2D eigenvalue weighted by molar-refractivity contribution is -0.149. The lowest BCUT2D eigenvalue weighted by Gasteiger charge is -2.39. The van der Waals surface area contributed by atoms with Crippen molar-refractivity contribution >= 4 is 48.0 Å². The number of unbranched alkanes of at least 4 members (excludes halogenated alkanes) is 1. The number of benzene rings is 4. The maximum Gasteiger partial charge on any atom is 0.261 e. The first kappa shape index (κ1) is 42.6. The summed E-state index contributed by atoms with van der Waals surface area (Å²) in [6, 6.07) is 26.7. The number of rotatable bonds is 14. The fourth-order valence-electron chi connectivity index (χ4n) is 10.5. The van der Waals surface area contributed by atoms with Gasteiger partial charge >= 0.3 is 0 Å². The van der Waals surface area contributed by atoms with Crippen LogP contribution in [0.1, 0.15) is 55.4 Å². The summed E-state index contributed by atoms with van der Waals surface area (Å²) in [6.07, 6.45) is 1.79. The quantitative estimate of drug-likeness (QED) is 0.0948. The predicted octanol–water partition coefficient (Wildman–Crippen LogP) is 5.55. The second kappa shape index (κ2) is 17.4. The molecule has 4 heterocycles. The number of aliphatic hydroxyl groups is 2. The summed E-state index contributed by atoms with van der Waals surface area (Å²) in [5.41, 5.74) is 4.08. The molecule has 4 aromatic carbocycles. The molecule has 4 aliphatic rings. The maximum absolute atomic E-state index is 14.7. The van der Waals surface area contributed by atoms with E-state index in [0.29, 0.717) is 55.9 Å². The Kier molecular flexibility index (Phi) is 12.1. The van der Waals surface area contributed by atoms with E-state index in [2.05, 4.69) is 48.9 Å². The van der Waals surface area contributed by atoms with E-state index in [1.54, 1.807) is 16.9 Å². The topological polar surface area (TPSA) is 150 Å². The molecule has 61 heavy (non-hydrogen) atoms. The first-order chi connectivity index (χ1) is 29.4. The predicted molar refractivity (Wildman–Crippen MR) is 237 cm³/mol. The molecule has 13 heteroatoms. The van der Waals surface area contributed by atoms with Gasteiger partial charge in [-0.3, -0.25) is 19.3 Å². The summed E-state index contributed by atoms with van der Waals surface area (Å²) in [5.74, 6) is 0.555. The number of amides is 3. The van der Waals surface area contributed by atoms with Gasteiger partial charge < -0.3 is 40.0 Å². The number of hydrogen-bond acceptors (Lipinski definition) is 9. The molecule has 1 saturated heterocycles. The van der Waals surface area contributed by atoms with Gasteiger partial charge in [-0.05, 0) is 110 Å². The summed E-state index contributed by atoms with van der Waals surface area (Å²) in [5, 5.41) is 27.6. The van der Waals surface area contributed by atoms with Crippen LogP contribution in [-0.2, 0) is 44.1 Å². The van der Waals surface area contributed by atoms with E-state index in [9.17, 15) is 24.6 Å². The SMILES string of the molecule is CCOc1ccc2c(c1)CC(NCCCCO)C(=O)N2c1ccc2c(c1)[C@@]1(O[C@H](CC(=O)N3Cc4ccccc4C[C@H]3CO)[C@@H]([Si](C)(C)c3ccc(OC)cc3)[C@@H]1C)C(=O)N2. The van der Waals surface area contributed by atoms with Crippen molar-refractivity contribution in [2.24, 2.45) is 5.92 Å². The van der Waals surface area contributed by atoms with Crippen molar-refractivity contribution < 1.29 is 38.8 Å². The first-order valence-electron chi connectivity index (χ1n) is 21.6. The van der Waals surface area contributed by atoms with E-state index in [-0.39, 0.29) is 54.9 Å². The fraction of sp³-hybridized carbons (Fsp3) is 0.438. The van der Waals surface area contributed by atoms with E-state index in [1.807, 2.05) is 73.7 Å². The van der Waals surface area contributed by atoms with Gasteiger partial charge in [-0.25, -0.2) is 0 Å². The number of nitrogens with zero attached hydrogens (tertiary/aromatic N) is 2. The highest BCUT2D eigenvalue weighted by Gasteiger charge is 2.65. The summed E-state index contributed by atoms with van der Waals surface area (Å²) in [6.45, 7) is 9.96. The zero-order chi connectivity index (χ0) is 43.1. The third-order valence-corrected chi connectivity index (χ3v) is 18.0. The Balaban J connectivity index is 1.19. The van der Waals surface area contributed by atoms with E-state index in [1.165, 1.54) is 0 Å². The summed E-state index contributed by atoms with van der Waals surface area (Å²) >= 11 is 0. The molecule has 322 valence electrons.